The fourth-order valence-corrected chi connectivity index (χ4v) is 2.00. The highest BCUT2D eigenvalue weighted by Crippen LogP contribution is 2.30. The minimum absolute atomic E-state index is 0.173. The van der Waals surface area contributed by atoms with Crippen LogP contribution in [-0.2, 0) is 14.9 Å². The van der Waals surface area contributed by atoms with Gasteiger partial charge in [-0.1, -0.05) is 36.4 Å². The average Bonchev–Trinajstić information content (AvgIpc) is 2.39. The fraction of sp³-hybridized carbons (Fsp3) is 0.400. The summed E-state index contributed by atoms with van der Waals surface area (Å²) >= 11 is 0. The summed E-state index contributed by atoms with van der Waals surface area (Å²) in [6.45, 7) is 5.64. The van der Waals surface area contributed by atoms with Gasteiger partial charge in [-0.15, -0.1) is 6.58 Å². The minimum atomic E-state index is -0.557. The Hall–Kier alpha value is -1.57. The fourth-order valence-electron chi connectivity index (χ4n) is 2.00. The van der Waals surface area contributed by atoms with Crippen LogP contribution in [0.3, 0.4) is 0 Å². The first kappa shape index (κ1) is 13.5. The molecule has 1 rings (SSSR count). The van der Waals surface area contributed by atoms with E-state index in [1.54, 1.807) is 0 Å². The largest absolute Gasteiger partial charge is 0.468 e. The summed E-state index contributed by atoms with van der Waals surface area (Å²) in [5, 5.41) is 0. The predicted octanol–water partition coefficient (Wildman–Crippen LogP) is 3.47. The molecule has 0 aromatic heterocycles. The van der Waals surface area contributed by atoms with Crippen molar-refractivity contribution in [3.63, 3.8) is 0 Å². The lowest BCUT2D eigenvalue weighted by Gasteiger charge is -2.27. The number of hydrogen-bond donors (Lipinski definition) is 0. The number of carbonyl (C=O) groups is 1. The maximum atomic E-state index is 12.0. The maximum Gasteiger partial charge on any atom is 0.315 e. The van der Waals surface area contributed by atoms with E-state index in [1.807, 2.05) is 43.3 Å². The van der Waals surface area contributed by atoms with E-state index >= 15 is 0 Å². The first-order chi connectivity index (χ1) is 8.15. The van der Waals surface area contributed by atoms with Gasteiger partial charge < -0.3 is 4.74 Å². The molecule has 2 nitrogen and oxygen atoms in total. The number of benzene rings is 1. The molecule has 0 N–H and O–H groups in total. The van der Waals surface area contributed by atoms with Crippen LogP contribution in [0.25, 0.3) is 0 Å². The highest BCUT2D eigenvalue weighted by Gasteiger charge is 2.35. The van der Waals surface area contributed by atoms with Crippen LogP contribution in [0.5, 0.6) is 0 Å². The first-order valence-corrected chi connectivity index (χ1v) is 5.90. The summed E-state index contributed by atoms with van der Waals surface area (Å²) in [5.74, 6) is -0.173. The van der Waals surface area contributed by atoms with Gasteiger partial charge in [-0.3, -0.25) is 4.79 Å². The number of rotatable bonds is 6. The summed E-state index contributed by atoms with van der Waals surface area (Å²) in [6.07, 6.45) is 4.50. The number of allylic oxidation sites excluding steroid dienone is 1. The molecule has 2 heteroatoms. The van der Waals surface area contributed by atoms with Crippen LogP contribution in [0.2, 0.25) is 0 Å². The Morgan fingerprint density at radius 3 is 2.59 bits per heavy atom. The molecule has 92 valence electrons. The van der Waals surface area contributed by atoms with E-state index in [2.05, 4.69) is 6.58 Å². The second-order valence-corrected chi connectivity index (χ2v) is 4.37. The normalized spacial score (nSPS) is 13.8. The van der Waals surface area contributed by atoms with Crippen molar-refractivity contribution in [2.45, 2.75) is 31.6 Å². The molecule has 0 radical (unpaired) electrons. The summed E-state index contributed by atoms with van der Waals surface area (Å²) in [6, 6.07) is 9.80. The molecule has 0 aliphatic rings. The number of ether oxygens (including phenoxy) is 1. The molecular weight excluding hydrogens is 212 g/mol. The highest BCUT2D eigenvalue weighted by atomic mass is 16.5. The number of carbonyl (C=O) groups excluding carboxylic acids is 1. The van der Waals surface area contributed by atoms with E-state index in [4.69, 9.17) is 4.74 Å². The number of hydrogen-bond acceptors (Lipinski definition) is 2. The summed E-state index contributed by atoms with van der Waals surface area (Å²) < 4.78 is 4.94. The SMILES string of the molecule is C=CCCC[C@@](C)(C(=O)OC)c1ccccc1. The number of methoxy groups -OCH3 is 1. The molecule has 0 aliphatic heterocycles. The van der Waals surface area contributed by atoms with Crippen molar-refractivity contribution in [3.05, 3.63) is 48.6 Å². The van der Waals surface area contributed by atoms with E-state index in [9.17, 15) is 4.79 Å². The van der Waals surface area contributed by atoms with Crippen LogP contribution in [0, 0.1) is 0 Å². The molecule has 0 saturated carbocycles. The monoisotopic (exact) mass is 232 g/mol. The van der Waals surface area contributed by atoms with Crippen LogP contribution in [0.1, 0.15) is 31.7 Å². The first-order valence-electron chi connectivity index (χ1n) is 5.90. The molecule has 0 spiro atoms. The molecule has 0 unspecified atom stereocenters. The van der Waals surface area contributed by atoms with E-state index in [-0.39, 0.29) is 5.97 Å². The van der Waals surface area contributed by atoms with Gasteiger partial charge in [-0.05, 0) is 31.7 Å². The molecule has 0 saturated heterocycles. The molecule has 1 aromatic carbocycles. The van der Waals surface area contributed by atoms with E-state index in [0.29, 0.717) is 0 Å². The quantitative estimate of drug-likeness (QED) is 0.426. The summed E-state index contributed by atoms with van der Waals surface area (Å²) in [7, 11) is 1.44. The van der Waals surface area contributed by atoms with Crippen molar-refractivity contribution >= 4 is 5.97 Å². The van der Waals surface area contributed by atoms with E-state index < -0.39 is 5.41 Å². The average molecular weight is 232 g/mol. The molecule has 0 aliphatic carbocycles. The van der Waals surface area contributed by atoms with Crippen molar-refractivity contribution < 1.29 is 9.53 Å². The summed E-state index contributed by atoms with van der Waals surface area (Å²) in [5.41, 5.74) is 0.454. The van der Waals surface area contributed by atoms with Crippen molar-refractivity contribution in [2.24, 2.45) is 0 Å². The Kier molecular flexibility index (Phi) is 4.95. The zero-order valence-corrected chi connectivity index (χ0v) is 10.6. The van der Waals surface area contributed by atoms with E-state index in [1.165, 1.54) is 7.11 Å². The molecule has 1 aromatic rings. The van der Waals surface area contributed by atoms with Gasteiger partial charge in [0.1, 0.15) is 0 Å². The Balaban J connectivity index is 2.93. The Morgan fingerprint density at radius 2 is 2.06 bits per heavy atom. The minimum Gasteiger partial charge on any atom is -0.468 e. The van der Waals surface area contributed by atoms with Crippen LogP contribution in [0.4, 0.5) is 0 Å². The molecular formula is C15H20O2. The lowest BCUT2D eigenvalue weighted by Crippen LogP contribution is -2.33. The standard InChI is InChI=1S/C15H20O2/c1-4-5-9-12-15(2,14(16)17-3)13-10-7-6-8-11-13/h4,6-8,10-11H,1,5,9,12H2,2-3H3/t15-/m1/s1. The highest BCUT2D eigenvalue weighted by molar-refractivity contribution is 5.82. The van der Waals surface area contributed by atoms with Gasteiger partial charge in [0, 0.05) is 0 Å². The third-order valence-electron chi connectivity index (χ3n) is 3.13. The smallest absolute Gasteiger partial charge is 0.315 e. The van der Waals surface area contributed by atoms with Crippen molar-refractivity contribution in [1.82, 2.24) is 0 Å². The third-order valence-corrected chi connectivity index (χ3v) is 3.13. The second-order valence-electron chi connectivity index (χ2n) is 4.37. The Morgan fingerprint density at radius 1 is 1.41 bits per heavy atom. The van der Waals surface area contributed by atoms with E-state index in [0.717, 1.165) is 24.8 Å². The molecule has 0 bridgehead atoms. The Bertz CT molecular complexity index is 370. The molecule has 1 atom stereocenters. The molecule has 0 heterocycles. The molecule has 17 heavy (non-hydrogen) atoms. The third kappa shape index (κ3) is 3.19. The van der Waals surface area contributed by atoms with Gasteiger partial charge >= 0.3 is 5.97 Å². The lowest BCUT2D eigenvalue weighted by atomic mass is 9.78. The van der Waals surface area contributed by atoms with Gasteiger partial charge in [0.15, 0.2) is 0 Å². The van der Waals surface area contributed by atoms with Crippen LogP contribution >= 0.6 is 0 Å². The van der Waals surface area contributed by atoms with Crippen LogP contribution in [-0.4, -0.2) is 13.1 Å². The summed E-state index contributed by atoms with van der Waals surface area (Å²) in [4.78, 5) is 12.0. The molecule has 0 amide bonds. The van der Waals surface area contributed by atoms with Gasteiger partial charge in [0.25, 0.3) is 0 Å². The maximum absolute atomic E-state index is 12.0. The van der Waals surface area contributed by atoms with Gasteiger partial charge in [-0.2, -0.15) is 0 Å². The van der Waals surface area contributed by atoms with Crippen LogP contribution in [0.15, 0.2) is 43.0 Å². The predicted molar refractivity (Wildman–Crippen MR) is 69.9 cm³/mol. The Labute approximate surface area is 103 Å². The zero-order chi connectivity index (χ0) is 12.7. The number of esters is 1. The topological polar surface area (TPSA) is 26.3 Å². The van der Waals surface area contributed by atoms with Gasteiger partial charge in [-0.25, -0.2) is 0 Å². The lowest BCUT2D eigenvalue weighted by molar-refractivity contribution is -0.147. The number of unbranched alkanes of at least 4 members (excludes halogenated alkanes) is 1. The van der Waals surface area contributed by atoms with Crippen molar-refractivity contribution in [1.29, 1.82) is 0 Å². The van der Waals surface area contributed by atoms with Crippen LogP contribution < -0.4 is 0 Å². The molecule has 0 fully saturated rings. The van der Waals surface area contributed by atoms with Gasteiger partial charge in [0.2, 0.25) is 0 Å². The van der Waals surface area contributed by atoms with Gasteiger partial charge in [0.05, 0.1) is 12.5 Å². The van der Waals surface area contributed by atoms with Crippen molar-refractivity contribution in [3.8, 4) is 0 Å². The second kappa shape index (κ2) is 6.24. The van der Waals surface area contributed by atoms with Crippen molar-refractivity contribution in [2.75, 3.05) is 7.11 Å². The zero-order valence-electron chi connectivity index (χ0n) is 10.6.